The maximum absolute atomic E-state index is 12.9. The molecule has 1 aromatic rings. The summed E-state index contributed by atoms with van der Waals surface area (Å²) in [6, 6.07) is 0.276. The second kappa shape index (κ2) is 9.50. The summed E-state index contributed by atoms with van der Waals surface area (Å²) < 4.78 is 5.28. The summed E-state index contributed by atoms with van der Waals surface area (Å²) in [6.45, 7) is 4.33. The molecule has 2 amide bonds. The highest BCUT2D eigenvalue weighted by atomic mass is 16.5. The third-order valence-corrected chi connectivity index (χ3v) is 7.48. The van der Waals surface area contributed by atoms with Crippen LogP contribution in [0.15, 0.2) is 0 Å². The van der Waals surface area contributed by atoms with E-state index in [9.17, 15) is 9.59 Å². The van der Waals surface area contributed by atoms with Crippen molar-refractivity contribution in [2.45, 2.75) is 70.8 Å². The normalized spacial score (nSPS) is 25.7. The van der Waals surface area contributed by atoms with Crippen molar-refractivity contribution < 1.29 is 14.3 Å². The summed E-state index contributed by atoms with van der Waals surface area (Å²) in [5.74, 6) is 1.45. The van der Waals surface area contributed by atoms with Crippen LogP contribution < -0.4 is 0 Å². The summed E-state index contributed by atoms with van der Waals surface area (Å²) in [4.78, 5) is 29.1. The fourth-order valence-electron chi connectivity index (χ4n) is 5.63. The number of fused-ring (bicyclic) bond motifs is 2. The lowest BCUT2D eigenvalue weighted by molar-refractivity contribution is -0.137. The minimum atomic E-state index is 0.0655. The molecule has 2 aliphatic carbocycles. The number of carbonyl (C=O) groups is 2. The van der Waals surface area contributed by atoms with Gasteiger partial charge in [0.1, 0.15) is 6.61 Å². The predicted octanol–water partition coefficient (Wildman–Crippen LogP) is 2.34. The number of H-pyrrole nitrogens is 1. The van der Waals surface area contributed by atoms with Gasteiger partial charge in [-0.3, -0.25) is 14.7 Å². The minimum Gasteiger partial charge on any atom is -0.372 e. The zero-order chi connectivity index (χ0) is 21.1. The van der Waals surface area contributed by atoms with Crippen LogP contribution in [0.3, 0.4) is 0 Å². The number of likely N-dealkylation sites (tertiary alicyclic amines) is 1. The van der Waals surface area contributed by atoms with E-state index in [4.69, 9.17) is 4.74 Å². The molecule has 1 saturated heterocycles. The van der Waals surface area contributed by atoms with Gasteiger partial charge in [-0.15, -0.1) is 0 Å². The highest BCUT2D eigenvalue weighted by Gasteiger charge is 2.41. The van der Waals surface area contributed by atoms with Crippen molar-refractivity contribution in [1.29, 1.82) is 0 Å². The number of piperidine rings is 1. The number of rotatable bonds is 7. The lowest BCUT2D eigenvalue weighted by Crippen LogP contribution is -2.42. The number of ether oxygens (including phenoxy) is 1. The molecule has 3 atom stereocenters. The molecule has 1 saturated carbocycles. The van der Waals surface area contributed by atoms with Gasteiger partial charge < -0.3 is 14.5 Å². The van der Waals surface area contributed by atoms with Crippen LogP contribution in [0.2, 0.25) is 0 Å². The van der Waals surface area contributed by atoms with E-state index in [1.165, 1.54) is 24.1 Å². The smallest absolute Gasteiger partial charge is 0.248 e. The minimum absolute atomic E-state index is 0.0655. The maximum Gasteiger partial charge on any atom is 0.248 e. The summed E-state index contributed by atoms with van der Waals surface area (Å²) >= 11 is 0. The Hall–Kier alpha value is -1.89. The third kappa shape index (κ3) is 4.56. The molecular weight excluding hydrogens is 380 g/mol. The molecule has 0 spiro atoms. The van der Waals surface area contributed by atoms with E-state index in [1.807, 2.05) is 18.9 Å². The molecule has 30 heavy (non-hydrogen) atoms. The zero-order valence-corrected chi connectivity index (χ0v) is 18.5. The van der Waals surface area contributed by atoms with E-state index >= 15 is 0 Å². The Morgan fingerprint density at radius 3 is 2.87 bits per heavy atom. The van der Waals surface area contributed by atoms with E-state index in [1.54, 1.807) is 0 Å². The van der Waals surface area contributed by atoms with Gasteiger partial charge in [0, 0.05) is 51.3 Å². The molecular formula is C23H36N4O3. The van der Waals surface area contributed by atoms with Crippen molar-refractivity contribution in [1.82, 2.24) is 20.0 Å². The number of hydrogen-bond donors (Lipinski definition) is 1. The molecule has 0 bridgehead atoms. The summed E-state index contributed by atoms with van der Waals surface area (Å²) in [5.41, 5.74) is 3.75. The molecule has 0 aromatic carbocycles. The van der Waals surface area contributed by atoms with E-state index < -0.39 is 0 Å². The molecule has 0 radical (unpaired) electrons. The molecule has 0 unspecified atom stereocenters. The van der Waals surface area contributed by atoms with Crippen molar-refractivity contribution in [3.8, 4) is 0 Å². The van der Waals surface area contributed by atoms with Gasteiger partial charge >= 0.3 is 0 Å². The van der Waals surface area contributed by atoms with Crippen LogP contribution >= 0.6 is 0 Å². The van der Waals surface area contributed by atoms with Crippen molar-refractivity contribution >= 4 is 11.8 Å². The van der Waals surface area contributed by atoms with Gasteiger partial charge in [-0.1, -0.05) is 0 Å². The van der Waals surface area contributed by atoms with E-state index in [-0.39, 0.29) is 24.5 Å². The van der Waals surface area contributed by atoms with Crippen LogP contribution in [0.25, 0.3) is 0 Å². The second-order valence-electron chi connectivity index (χ2n) is 9.25. The number of aryl methyl sites for hydroxylation is 2. The van der Waals surface area contributed by atoms with Gasteiger partial charge in [0.05, 0.1) is 5.69 Å². The SMILES string of the molecule is CCOCC(=O)N(C)[C@H]1C[C@H]2CCN(C(=O)CCc3n[nH]c4c3CCCC4)C[C@H]2C1. The first-order valence-electron chi connectivity index (χ1n) is 11.7. The fraction of sp³-hybridized carbons (Fsp3) is 0.783. The quantitative estimate of drug-likeness (QED) is 0.740. The van der Waals surface area contributed by atoms with Gasteiger partial charge in [0.2, 0.25) is 11.8 Å². The predicted molar refractivity (Wildman–Crippen MR) is 114 cm³/mol. The number of aromatic nitrogens is 2. The topological polar surface area (TPSA) is 78.5 Å². The van der Waals surface area contributed by atoms with Crippen molar-refractivity contribution in [2.75, 3.05) is 33.4 Å². The molecule has 2 fully saturated rings. The molecule has 2 heterocycles. The van der Waals surface area contributed by atoms with Crippen molar-refractivity contribution in [3.63, 3.8) is 0 Å². The number of carbonyl (C=O) groups excluding carboxylic acids is 2. The average molecular weight is 417 g/mol. The Morgan fingerprint density at radius 1 is 1.23 bits per heavy atom. The average Bonchev–Trinajstić information content (AvgIpc) is 3.38. The Morgan fingerprint density at radius 2 is 2.03 bits per heavy atom. The number of amides is 2. The molecule has 4 rings (SSSR count). The number of likely N-dealkylation sites (N-methyl/N-ethyl adjacent to an activating group) is 1. The van der Waals surface area contributed by atoms with Crippen LogP contribution in [0, 0.1) is 11.8 Å². The summed E-state index contributed by atoms with van der Waals surface area (Å²) in [5, 5.41) is 7.67. The van der Waals surface area contributed by atoms with Gasteiger partial charge in [0.25, 0.3) is 0 Å². The van der Waals surface area contributed by atoms with Gasteiger partial charge in [-0.05, 0) is 69.3 Å². The molecule has 1 N–H and O–H groups in total. The van der Waals surface area contributed by atoms with Crippen molar-refractivity contribution in [2.24, 2.45) is 11.8 Å². The molecule has 3 aliphatic rings. The lowest BCUT2D eigenvalue weighted by Gasteiger charge is -2.35. The maximum atomic E-state index is 12.9. The number of aromatic amines is 1. The van der Waals surface area contributed by atoms with Crippen LogP contribution in [0.1, 0.15) is 62.4 Å². The highest BCUT2D eigenvalue weighted by molar-refractivity contribution is 5.77. The third-order valence-electron chi connectivity index (χ3n) is 7.48. The fourth-order valence-corrected chi connectivity index (χ4v) is 5.63. The van der Waals surface area contributed by atoms with Crippen LogP contribution in [0.4, 0.5) is 0 Å². The first kappa shape index (κ1) is 21.3. The molecule has 1 aromatic heterocycles. The Bertz CT molecular complexity index is 762. The molecule has 1 aliphatic heterocycles. The zero-order valence-electron chi connectivity index (χ0n) is 18.5. The standard InChI is InChI=1S/C23H36N4O3/c1-3-30-15-23(29)26(2)18-12-16-10-11-27(14-17(16)13-18)22(28)9-8-21-19-6-4-5-7-20(19)24-25-21/h16-18H,3-15H2,1-2H3,(H,24,25)/t16-,17-,18+/m1/s1. The highest BCUT2D eigenvalue weighted by Crippen LogP contribution is 2.40. The van der Waals surface area contributed by atoms with Gasteiger partial charge in [0.15, 0.2) is 0 Å². The Kier molecular flexibility index (Phi) is 6.76. The number of hydrogen-bond acceptors (Lipinski definition) is 4. The largest absolute Gasteiger partial charge is 0.372 e. The summed E-state index contributed by atoms with van der Waals surface area (Å²) in [7, 11) is 1.90. The second-order valence-corrected chi connectivity index (χ2v) is 9.25. The van der Waals surface area contributed by atoms with Crippen molar-refractivity contribution in [3.05, 3.63) is 17.0 Å². The van der Waals surface area contributed by atoms with Gasteiger partial charge in [-0.25, -0.2) is 0 Å². The van der Waals surface area contributed by atoms with Crippen LogP contribution in [-0.2, 0) is 33.6 Å². The Balaban J connectivity index is 1.27. The summed E-state index contributed by atoms with van der Waals surface area (Å²) in [6.07, 6.45) is 9.04. The van der Waals surface area contributed by atoms with Gasteiger partial charge in [-0.2, -0.15) is 5.10 Å². The molecule has 7 nitrogen and oxygen atoms in total. The lowest BCUT2D eigenvalue weighted by atomic mass is 9.88. The number of nitrogens with one attached hydrogen (secondary N) is 1. The van der Waals surface area contributed by atoms with Crippen LogP contribution in [0.5, 0.6) is 0 Å². The number of nitrogens with zero attached hydrogens (tertiary/aromatic N) is 3. The van der Waals surface area contributed by atoms with E-state index in [0.717, 1.165) is 57.3 Å². The first-order chi connectivity index (χ1) is 14.6. The Labute approximate surface area is 179 Å². The first-order valence-corrected chi connectivity index (χ1v) is 11.7. The van der Waals surface area contributed by atoms with E-state index in [2.05, 4.69) is 15.1 Å². The monoisotopic (exact) mass is 416 g/mol. The van der Waals surface area contributed by atoms with Crippen LogP contribution in [-0.4, -0.2) is 71.2 Å². The molecule has 7 heteroatoms. The van der Waals surface area contributed by atoms with E-state index in [0.29, 0.717) is 24.9 Å². The molecule has 166 valence electrons.